The molecule has 3 aromatic carbocycles. The van der Waals surface area contributed by atoms with Gasteiger partial charge in [-0.2, -0.15) is 13.2 Å². The monoisotopic (exact) mass is 628 g/mol. The second kappa shape index (κ2) is 13.3. The van der Waals surface area contributed by atoms with Crippen molar-refractivity contribution in [3.63, 3.8) is 0 Å². The SMILES string of the molecule is [2H]C([2H])([2H])c1cccc(F)c1C(=O)N1CCC[C@H](C(=O)Nc2ccc(C(=O)OC)c(C(F)(F)F)c2)[C@@H]1c1ccc(NC2CCCC2)cc1. The number of hydrogen-bond acceptors (Lipinski definition) is 5. The Morgan fingerprint density at radius 3 is 2.33 bits per heavy atom. The maximum Gasteiger partial charge on any atom is 0.417 e. The topological polar surface area (TPSA) is 87.7 Å². The lowest BCUT2D eigenvalue weighted by Gasteiger charge is -2.41. The lowest BCUT2D eigenvalue weighted by atomic mass is 9.83. The molecule has 7 nitrogen and oxygen atoms in total. The number of rotatable bonds is 7. The number of alkyl halides is 3. The van der Waals surface area contributed by atoms with Crippen LogP contribution in [0.15, 0.2) is 60.7 Å². The van der Waals surface area contributed by atoms with Crippen LogP contribution in [0.3, 0.4) is 0 Å². The number of anilines is 2. The maximum atomic E-state index is 15.2. The Labute approximate surface area is 263 Å². The van der Waals surface area contributed by atoms with Gasteiger partial charge < -0.3 is 20.3 Å². The van der Waals surface area contributed by atoms with E-state index in [-0.39, 0.29) is 25.1 Å². The molecular weight excluding hydrogens is 590 g/mol. The van der Waals surface area contributed by atoms with Crippen LogP contribution in [0.4, 0.5) is 28.9 Å². The van der Waals surface area contributed by atoms with Crippen LogP contribution in [0.1, 0.15) is 86.1 Å². The van der Waals surface area contributed by atoms with Crippen molar-refractivity contribution in [1.82, 2.24) is 4.90 Å². The van der Waals surface area contributed by atoms with Gasteiger partial charge in [-0.15, -0.1) is 0 Å². The lowest BCUT2D eigenvalue weighted by molar-refractivity contribution is -0.138. The maximum absolute atomic E-state index is 15.2. The Balaban J connectivity index is 1.52. The predicted molar refractivity (Wildman–Crippen MR) is 161 cm³/mol. The Hall–Kier alpha value is -4.41. The van der Waals surface area contributed by atoms with Gasteiger partial charge in [-0.05, 0) is 80.1 Å². The summed E-state index contributed by atoms with van der Waals surface area (Å²) in [5, 5.41) is 5.97. The number of amides is 2. The minimum atomic E-state index is -4.94. The van der Waals surface area contributed by atoms with Crippen LogP contribution < -0.4 is 10.6 Å². The minimum absolute atomic E-state index is 0.0657. The van der Waals surface area contributed by atoms with Gasteiger partial charge in [0.1, 0.15) is 5.82 Å². The van der Waals surface area contributed by atoms with E-state index in [0.29, 0.717) is 17.7 Å². The lowest BCUT2D eigenvalue weighted by Crippen LogP contribution is -2.46. The Kier molecular flexibility index (Phi) is 8.30. The van der Waals surface area contributed by atoms with Crippen LogP contribution in [-0.4, -0.2) is 42.4 Å². The first-order valence-corrected chi connectivity index (χ1v) is 14.8. The van der Waals surface area contributed by atoms with Crippen LogP contribution in [0, 0.1) is 18.6 Å². The van der Waals surface area contributed by atoms with Gasteiger partial charge in [0.05, 0.1) is 35.8 Å². The molecule has 11 heteroatoms. The molecule has 2 amide bonds. The fourth-order valence-corrected chi connectivity index (χ4v) is 6.26. The summed E-state index contributed by atoms with van der Waals surface area (Å²) < 4.78 is 85.1. The zero-order valence-corrected chi connectivity index (χ0v) is 24.5. The molecular formula is C34H35F4N3O4. The Morgan fingerprint density at radius 2 is 1.67 bits per heavy atom. The number of nitrogens with one attached hydrogen (secondary N) is 2. The summed E-state index contributed by atoms with van der Waals surface area (Å²) in [6, 6.07) is 12.4. The van der Waals surface area contributed by atoms with E-state index in [1.54, 1.807) is 24.3 Å². The fourth-order valence-electron chi connectivity index (χ4n) is 6.26. The highest BCUT2D eigenvalue weighted by Gasteiger charge is 2.41. The molecule has 0 aromatic heterocycles. The van der Waals surface area contributed by atoms with Crippen molar-refractivity contribution in [3.8, 4) is 0 Å². The number of carbonyl (C=O) groups is 3. The van der Waals surface area contributed by atoms with Crippen LogP contribution >= 0.6 is 0 Å². The molecule has 0 bridgehead atoms. The van der Waals surface area contributed by atoms with E-state index in [9.17, 15) is 27.6 Å². The number of carbonyl (C=O) groups excluding carboxylic acids is 3. The quantitative estimate of drug-likeness (QED) is 0.209. The molecule has 2 atom stereocenters. The molecule has 3 aromatic rings. The van der Waals surface area contributed by atoms with Crippen molar-refractivity contribution >= 4 is 29.2 Å². The van der Waals surface area contributed by atoms with Crippen molar-refractivity contribution < 1.29 is 40.8 Å². The van der Waals surface area contributed by atoms with Gasteiger partial charge in [-0.25, -0.2) is 9.18 Å². The normalized spacial score (nSPS) is 20.1. The number of methoxy groups -OCH3 is 1. The number of nitrogens with zero attached hydrogens (tertiary/aromatic N) is 1. The summed E-state index contributed by atoms with van der Waals surface area (Å²) in [5.74, 6) is -4.88. The highest BCUT2D eigenvalue weighted by atomic mass is 19.4. The molecule has 0 unspecified atom stereocenters. The van der Waals surface area contributed by atoms with Gasteiger partial charge in [-0.3, -0.25) is 9.59 Å². The van der Waals surface area contributed by atoms with E-state index < -0.39 is 70.8 Å². The molecule has 2 fully saturated rings. The first kappa shape index (κ1) is 28.1. The first-order valence-electron chi connectivity index (χ1n) is 16.3. The van der Waals surface area contributed by atoms with E-state index in [1.807, 2.05) is 0 Å². The second-order valence-corrected chi connectivity index (χ2v) is 11.3. The summed E-state index contributed by atoms with van der Waals surface area (Å²) in [4.78, 5) is 41.2. The summed E-state index contributed by atoms with van der Waals surface area (Å²) in [5.41, 5.74) is -2.04. The largest absolute Gasteiger partial charge is 0.465 e. The van der Waals surface area contributed by atoms with Gasteiger partial charge in [0.25, 0.3) is 5.91 Å². The predicted octanol–water partition coefficient (Wildman–Crippen LogP) is 7.53. The summed E-state index contributed by atoms with van der Waals surface area (Å²) >= 11 is 0. The number of piperidine rings is 1. The average Bonchev–Trinajstić information content (AvgIpc) is 3.56. The standard InChI is InChI=1S/C34H35F4N3O4/c1-20-7-5-11-28(35)29(20)32(43)41-18-6-10-26(30(41)21-12-14-23(15-13-21)39-22-8-3-4-9-22)31(42)40-24-16-17-25(33(44)45-2)27(19-24)34(36,37)38/h5,7,11-17,19,22,26,30,39H,3-4,6,8-10,18H2,1-2H3,(H,40,42)/t26-,30-/m0/s1/i1D3. The highest BCUT2D eigenvalue weighted by molar-refractivity contribution is 5.98. The summed E-state index contributed by atoms with van der Waals surface area (Å²) in [6.45, 7) is -2.74. The van der Waals surface area contributed by atoms with Crippen molar-refractivity contribution in [2.45, 2.75) is 63.6 Å². The van der Waals surface area contributed by atoms with E-state index in [4.69, 9.17) is 4.11 Å². The van der Waals surface area contributed by atoms with Gasteiger partial charge >= 0.3 is 12.1 Å². The summed E-state index contributed by atoms with van der Waals surface area (Å²) in [6.07, 6.45) is -0.145. The third kappa shape index (κ3) is 6.97. The smallest absolute Gasteiger partial charge is 0.417 e. The highest BCUT2D eigenvalue weighted by Crippen LogP contribution is 2.40. The number of ether oxygens (including phenoxy) is 1. The Bertz CT molecular complexity index is 1680. The number of likely N-dealkylation sites (tertiary alicyclic amines) is 1. The Morgan fingerprint density at radius 1 is 0.956 bits per heavy atom. The van der Waals surface area contributed by atoms with E-state index in [1.165, 1.54) is 11.0 Å². The molecule has 1 aliphatic carbocycles. The van der Waals surface area contributed by atoms with Gasteiger partial charge in [0.15, 0.2) is 0 Å². The molecule has 2 N–H and O–H groups in total. The van der Waals surface area contributed by atoms with Crippen molar-refractivity contribution in [3.05, 3.63) is 94.3 Å². The van der Waals surface area contributed by atoms with Crippen LogP contribution in [0.5, 0.6) is 0 Å². The number of halogens is 4. The number of esters is 1. The van der Waals surface area contributed by atoms with Gasteiger partial charge in [0, 0.05) is 28.1 Å². The van der Waals surface area contributed by atoms with Crippen molar-refractivity contribution in [2.75, 3.05) is 24.3 Å². The molecule has 1 saturated heterocycles. The van der Waals surface area contributed by atoms with Crippen LogP contribution in [0.25, 0.3) is 0 Å². The average molecular weight is 629 g/mol. The van der Waals surface area contributed by atoms with Crippen LogP contribution in [0.2, 0.25) is 0 Å². The van der Waals surface area contributed by atoms with Crippen molar-refractivity contribution in [2.24, 2.45) is 5.92 Å². The molecule has 1 aliphatic heterocycles. The molecule has 1 heterocycles. The number of hydrogen-bond donors (Lipinski definition) is 2. The molecule has 0 spiro atoms. The van der Waals surface area contributed by atoms with E-state index in [2.05, 4.69) is 15.4 Å². The molecule has 238 valence electrons. The molecule has 2 aliphatic rings. The molecule has 5 rings (SSSR count). The second-order valence-electron chi connectivity index (χ2n) is 11.3. The minimum Gasteiger partial charge on any atom is -0.465 e. The molecule has 0 radical (unpaired) electrons. The molecule has 45 heavy (non-hydrogen) atoms. The third-order valence-electron chi connectivity index (χ3n) is 8.43. The first-order chi connectivity index (χ1) is 22.7. The van der Waals surface area contributed by atoms with Crippen molar-refractivity contribution in [1.29, 1.82) is 0 Å². The van der Waals surface area contributed by atoms with Gasteiger partial charge in [-0.1, -0.05) is 37.1 Å². The molecule has 1 saturated carbocycles. The summed E-state index contributed by atoms with van der Waals surface area (Å²) in [7, 11) is 0.953. The zero-order valence-electron chi connectivity index (χ0n) is 27.5. The van der Waals surface area contributed by atoms with E-state index >= 15 is 4.39 Å². The number of aryl methyl sites for hydroxylation is 1. The fraction of sp³-hybridized carbons (Fsp3) is 0.382. The van der Waals surface area contributed by atoms with Crippen LogP contribution in [-0.2, 0) is 15.7 Å². The van der Waals surface area contributed by atoms with E-state index in [0.717, 1.165) is 62.7 Å². The zero-order chi connectivity index (χ0) is 34.8. The third-order valence-corrected chi connectivity index (χ3v) is 8.43. The van der Waals surface area contributed by atoms with Gasteiger partial charge in [0.2, 0.25) is 5.91 Å². The number of benzene rings is 3.